The number of hydrogen-bond donors (Lipinski definition) is 1. The number of ether oxygens (including phenoxy) is 1. The molecule has 2 nitrogen and oxygen atoms in total. The highest BCUT2D eigenvalue weighted by molar-refractivity contribution is 6.18. The van der Waals surface area contributed by atoms with E-state index in [-0.39, 0.29) is 5.88 Å². The van der Waals surface area contributed by atoms with Crippen LogP contribution >= 0.6 is 11.6 Å². The molecule has 1 N–H and O–H groups in total. The Balaban J connectivity index is 3.79. The summed E-state index contributed by atoms with van der Waals surface area (Å²) in [4.78, 5) is 0. The Morgan fingerprint density at radius 2 is 1.27 bits per heavy atom. The number of alkyl halides is 1. The molecule has 0 aliphatic carbocycles. The van der Waals surface area contributed by atoms with Crippen molar-refractivity contribution in [3.05, 3.63) is 0 Å². The van der Waals surface area contributed by atoms with E-state index in [2.05, 4.69) is 13.8 Å². The molecular weight excluding hydrogens is 296 g/mol. The lowest BCUT2D eigenvalue weighted by Crippen LogP contribution is -2.20. The van der Waals surface area contributed by atoms with Crippen molar-refractivity contribution >= 4 is 11.6 Å². The maximum atomic E-state index is 9.46. The molecule has 134 valence electrons. The van der Waals surface area contributed by atoms with Gasteiger partial charge in [0.25, 0.3) is 0 Å². The second-order valence-corrected chi connectivity index (χ2v) is 6.93. The van der Waals surface area contributed by atoms with E-state index < -0.39 is 6.10 Å². The lowest BCUT2D eigenvalue weighted by molar-refractivity contribution is 0.0269. The molecule has 0 radical (unpaired) electrons. The van der Waals surface area contributed by atoms with Crippen LogP contribution in [0.3, 0.4) is 0 Å². The van der Waals surface area contributed by atoms with Gasteiger partial charge in [-0.1, -0.05) is 78.1 Å². The molecule has 0 rings (SSSR count). The van der Waals surface area contributed by atoms with Gasteiger partial charge in [0, 0.05) is 6.61 Å². The molecule has 0 saturated heterocycles. The number of rotatable bonds is 17. The molecule has 0 spiro atoms. The number of halogens is 1. The second kappa shape index (κ2) is 17.6. The van der Waals surface area contributed by atoms with Crippen molar-refractivity contribution in [2.75, 3.05) is 19.1 Å². The monoisotopic (exact) mass is 334 g/mol. The van der Waals surface area contributed by atoms with Crippen LogP contribution in [0, 0.1) is 5.92 Å². The van der Waals surface area contributed by atoms with Crippen LogP contribution in [-0.2, 0) is 4.74 Å². The van der Waals surface area contributed by atoms with Crippen molar-refractivity contribution in [3.8, 4) is 0 Å². The van der Waals surface area contributed by atoms with Crippen LogP contribution < -0.4 is 0 Å². The highest BCUT2D eigenvalue weighted by Crippen LogP contribution is 2.19. The summed E-state index contributed by atoms with van der Waals surface area (Å²) >= 11 is 5.60. The average Bonchev–Trinajstić information content (AvgIpc) is 2.53. The Bertz CT molecular complexity index is 212. The fourth-order valence-corrected chi connectivity index (χ4v) is 2.89. The molecule has 0 unspecified atom stereocenters. The van der Waals surface area contributed by atoms with Gasteiger partial charge in [-0.3, -0.25) is 0 Å². The summed E-state index contributed by atoms with van der Waals surface area (Å²) in [6.45, 7) is 5.68. The van der Waals surface area contributed by atoms with Gasteiger partial charge in [-0.15, -0.1) is 11.6 Å². The lowest BCUT2D eigenvalue weighted by atomic mass is 9.95. The van der Waals surface area contributed by atoms with Crippen molar-refractivity contribution in [2.24, 2.45) is 5.92 Å². The third-order valence-electron chi connectivity index (χ3n) is 4.27. The average molecular weight is 335 g/mol. The van der Waals surface area contributed by atoms with Crippen LogP contribution in [0.25, 0.3) is 0 Å². The summed E-state index contributed by atoms with van der Waals surface area (Å²) in [5.74, 6) is 0.920. The maximum absolute atomic E-state index is 9.46. The van der Waals surface area contributed by atoms with E-state index in [1.54, 1.807) is 0 Å². The smallest absolute Gasteiger partial charge is 0.0908 e. The maximum Gasteiger partial charge on any atom is 0.0908 e. The largest absolute Gasteiger partial charge is 0.389 e. The zero-order valence-corrected chi connectivity index (χ0v) is 15.8. The molecular formula is C19H39ClO2. The summed E-state index contributed by atoms with van der Waals surface area (Å²) in [7, 11) is 0. The molecule has 3 heteroatoms. The van der Waals surface area contributed by atoms with E-state index in [1.807, 2.05) is 0 Å². The molecule has 2 atom stereocenters. The minimum Gasteiger partial charge on any atom is -0.389 e. The second-order valence-electron chi connectivity index (χ2n) is 6.62. The highest BCUT2D eigenvalue weighted by atomic mass is 35.5. The molecule has 0 heterocycles. The summed E-state index contributed by atoms with van der Waals surface area (Å²) in [6.07, 6.45) is 15.5. The number of hydrogen-bond acceptors (Lipinski definition) is 2. The van der Waals surface area contributed by atoms with Gasteiger partial charge in [0.15, 0.2) is 0 Å². The van der Waals surface area contributed by atoms with Crippen LogP contribution in [-0.4, -0.2) is 30.3 Å². The minimum atomic E-state index is -0.517. The minimum absolute atomic E-state index is 0.262. The molecule has 0 aromatic carbocycles. The summed E-state index contributed by atoms with van der Waals surface area (Å²) in [5, 5.41) is 9.46. The zero-order chi connectivity index (χ0) is 16.5. The molecule has 0 saturated carbocycles. The predicted octanol–water partition coefficient (Wildman–Crippen LogP) is 5.94. The van der Waals surface area contributed by atoms with Gasteiger partial charge in [0.1, 0.15) is 0 Å². The Kier molecular flexibility index (Phi) is 17.7. The number of unbranched alkanes of at least 4 members (excludes halogenated alkanes) is 8. The van der Waals surface area contributed by atoms with E-state index in [1.165, 1.54) is 77.0 Å². The molecule has 0 bridgehead atoms. The third kappa shape index (κ3) is 15.1. The molecule has 0 aliphatic rings. The zero-order valence-electron chi connectivity index (χ0n) is 15.0. The van der Waals surface area contributed by atoms with Gasteiger partial charge >= 0.3 is 0 Å². The Hall–Kier alpha value is 0.210. The van der Waals surface area contributed by atoms with E-state index in [4.69, 9.17) is 16.3 Å². The fraction of sp³-hybridized carbons (Fsp3) is 1.00. The quantitative estimate of drug-likeness (QED) is 0.263. The van der Waals surface area contributed by atoms with Crippen molar-refractivity contribution in [1.82, 2.24) is 0 Å². The third-order valence-corrected chi connectivity index (χ3v) is 4.63. The van der Waals surface area contributed by atoms with Crippen LogP contribution in [0.5, 0.6) is 0 Å². The van der Waals surface area contributed by atoms with E-state index in [0.29, 0.717) is 12.5 Å². The van der Waals surface area contributed by atoms with Crippen molar-refractivity contribution in [1.29, 1.82) is 0 Å². The van der Waals surface area contributed by atoms with Crippen LogP contribution in [0.4, 0.5) is 0 Å². The van der Waals surface area contributed by atoms with E-state index in [9.17, 15) is 5.11 Å². The van der Waals surface area contributed by atoms with Crippen molar-refractivity contribution in [2.45, 2.75) is 97.0 Å². The van der Waals surface area contributed by atoms with Gasteiger partial charge < -0.3 is 9.84 Å². The normalized spacial score (nSPS) is 14.2. The van der Waals surface area contributed by atoms with Crippen molar-refractivity contribution in [3.63, 3.8) is 0 Å². The molecule has 0 amide bonds. The first-order valence-corrected chi connectivity index (χ1v) is 10.1. The molecule has 0 aromatic rings. The van der Waals surface area contributed by atoms with Crippen molar-refractivity contribution < 1.29 is 9.84 Å². The summed E-state index contributed by atoms with van der Waals surface area (Å²) < 4.78 is 5.67. The van der Waals surface area contributed by atoms with E-state index in [0.717, 1.165) is 6.61 Å². The first-order chi connectivity index (χ1) is 10.7. The van der Waals surface area contributed by atoms with E-state index >= 15 is 0 Å². The topological polar surface area (TPSA) is 29.5 Å². The lowest BCUT2D eigenvalue weighted by Gasteiger charge is -2.18. The van der Waals surface area contributed by atoms with Crippen LogP contribution in [0.15, 0.2) is 0 Å². The highest BCUT2D eigenvalue weighted by Gasteiger charge is 2.10. The number of aliphatic hydroxyl groups excluding tert-OH is 1. The standard InChI is InChI=1S/C19H39ClO2/c1-3-5-7-9-10-12-14-18(13-11-8-6-4-2)16-22-17-19(21)15-20/h18-19,21H,3-17H2,1-2H3/t18-,19-/m0/s1. The molecule has 0 aliphatic heterocycles. The summed E-state index contributed by atoms with van der Waals surface area (Å²) in [5.41, 5.74) is 0. The Morgan fingerprint density at radius 1 is 0.773 bits per heavy atom. The van der Waals surface area contributed by atoms with Crippen LogP contribution in [0.1, 0.15) is 90.9 Å². The van der Waals surface area contributed by atoms with Gasteiger partial charge in [0.05, 0.1) is 18.6 Å². The molecule has 22 heavy (non-hydrogen) atoms. The van der Waals surface area contributed by atoms with Gasteiger partial charge in [0.2, 0.25) is 0 Å². The first kappa shape index (κ1) is 22.2. The SMILES string of the molecule is CCCCCCCC[C@H](CCCCCC)COC[C@@H](O)CCl. The Labute approximate surface area is 144 Å². The van der Waals surface area contributed by atoms with Gasteiger partial charge in [-0.2, -0.15) is 0 Å². The molecule has 0 aromatic heterocycles. The fourth-order valence-electron chi connectivity index (χ4n) is 2.80. The van der Waals surface area contributed by atoms with Gasteiger partial charge in [-0.05, 0) is 18.8 Å². The Morgan fingerprint density at radius 3 is 1.82 bits per heavy atom. The van der Waals surface area contributed by atoms with Gasteiger partial charge in [-0.25, -0.2) is 0 Å². The first-order valence-electron chi connectivity index (χ1n) is 9.56. The number of aliphatic hydroxyl groups is 1. The summed E-state index contributed by atoms with van der Waals surface area (Å²) in [6, 6.07) is 0. The van der Waals surface area contributed by atoms with Crippen LogP contribution in [0.2, 0.25) is 0 Å². The molecule has 0 fully saturated rings. The predicted molar refractivity (Wildman–Crippen MR) is 97.8 cm³/mol.